The zero-order chi connectivity index (χ0) is 22.3. The van der Waals surface area contributed by atoms with Gasteiger partial charge in [-0.25, -0.2) is 0 Å². The highest BCUT2D eigenvalue weighted by Gasteiger charge is 2.25. The van der Waals surface area contributed by atoms with Crippen molar-refractivity contribution in [3.05, 3.63) is 78.4 Å². The minimum atomic E-state index is -0.251. The second-order valence-corrected chi connectivity index (χ2v) is 7.21. The first-order valence-electron chi connectivity index (χ1n) is 10.3. The molecule has 7 heteroatoms. The zero-order valence-electron chi connectivity index (χ0n) is 17.7. The fraction of sp³-hybridized carbons (Fsp3) is 0.200. The summed E-state index contributed by atoms with van der Waals surface area (Å²) in [5, 5.41) is 2.87. The molecule has 2 amide bonds. The second-order valence-electron chi connectivity index (χ2n) is 7.21. The van der Waals surface area contributed by atoms with Crippen LogP contribution in [0.3, 0.4) is 0 Å². The number of nitrogens with zero attached hydrogens (tertiary/aromatic N) is 1. The van der Waals surface area contributed by atoms with E-state index >= 15 is 0 Å². The Labute approximate surface area is 186 Å². The largest absolute Gasteiger partial charge is 0.497 e. The zero-order valence-corrected chi connectivity index (χ0v) is 17.7. The van der Waals surface area contributed by atoms with Gasteiger partial charge in [-0.15, -0.1) is 0 Å². The number of benzene rings is 3. The number of anilines is 2. The van der Waals surface area contributed by atoms with E-state index in [-0.39, 0.29) is 18.4 Å². The molecule has 32 heavy (non-hydrogen) atoms. The first kappa shape index (κ1) is 21.2. The molecule has 164 valence electrons. The van der Waals surface area contributed by atoms with Gasteiger partial charge < -0.3 is 24.4 Å². The van der Waals surface area contributed by atoms with E-state index in [1.165, 1.54) is 0 Å². The number of fused-ring (bicyclic) bond motifs is 1. The summed E-state index contributed by atoms with van der Waals surface area (Å²) in [6, 6.07) is 21.7. The number of hydrogen-bond donors (Lipinski definition) is 1. The molecule has 1 aliphatic heterocycles. The first-order chi connectivity index (χ1) is 15.6. The summed E-state index contributed by atoms with van der Waals surface area (Å²) >= 11 is 0. The number of nitrogens with one attached hydrogen (secondary N) is 1. The maximum Gasteiger partial charge on any atom is 0.265 e. The lowest BCUT2D eigenvalue weighted by atomic mass is 10.1. The Bertz CT molecular complexity index is 1080. The predicted molar refractivity (Wildman–Crippen MR) is 122 cm³/mol. The third-order valence-electron chi connectivity index (χ3n) is 5.05. The summed E-state index contributed by atoms with van der Waals surface area (Å²) < 4.78 is 16.4. The Balaban J connectivity index is 1.42. The number of para-hydroxylation sites is 1. The van der Waals surface area contributed by atoms with Gasteiger partial charge in [-0.1, -0.05) is 18.2 Å². The highest BCUT2D eigenvalue weighted by molar-refractivity contribution is 6.05. The van der Waals surface area contributed by atoms with Crippen molar-refractivity contribution in [3.63, 3.8) is 0 Å². The lowest BCUT2D eigenvalue weighted by Crippen LogP contribution is -2.39. The number of methoxy groups -OCH3 is 1. The smallest absolute Gasteiger partial charge is 0.265 e. The third kappa shape index (κ3) is 5.00. The van der Waals surface area contributed by atoms with Crippen molar-refractivity contribution < 1.29 is 23.8 Å². The van der Waals surface area contributed by atoms with Crippen LogP contribution in [0.15, 0.2) is 72.8 Å². The van der Waals surface area contributed by atoms with Crippen LogP contribution in [0.25, 0.3) is 0 Å². The van der Waals surface area contributed by atoms with Crippen LogP contribution in [0.2, 0.25) is 0 Å². The fourth-order valence-electron chi connectivity index (χ4n) is 3.40. The van der Waals surface area contributed by atoms with E-state index < -0.39 is 0 Å². The van der Waals surface area contributed by atoms with Crippen LogP contribution < -0.4 is 24.4 Å². The van der Waals surface area contributed by atoms with Gasteiger partial charge in [0.05, 0.1) is 19.4 Å². The molecule has 0 radical (unpaired) electrons. The van der Waals surface area contributed by atoms with Crippen LogP contribution in [0.1, 0.15) is 16.8 Å². The van der Waals surface area contributed by atoms with E-state index in [1.807, 2.05) is 30.3 Å². The Morgan fingerprint density at radius 1 is 1.03 bits per heavy atom. The van der Waals surface area contributed by atoms with Crippen LogP contribution >= 0.6 is 0 Å². The molecule has 0 saturated heterocycles. The van der Waals surface area contributed by atoms with Crippen LogP contribution in [-0.2, 0) is 4.79 Å². The van der Waals surface area contributed by atoms with Crippen LogP contribution in [0.4, 0.5) is 11.4 Å². The minimum absolute atomic E-state index is 0.00982. The molecule has 1 N–H and O–H groups in total. The summed E-state index contributed by atoms with van der Waals surface area (Å²) in [6.45, 7) is 0.958. The van der Waals surface area contributed by atoms with Crippen LogP contribution in [0.5, 0.6) is 17.2 Å². The Kier molecular flexibility index (Phi) is 6.55. The molecule has 0 unspecified atom stereocenters. The lowest BCUT2D eigenvalue weighted by molar-refractivity contribution is -0.121. The highest BCUT2D eigenvalue weighted by atomic mass is 16.5. The summed E-state index contributed by atoms with van der Waals surface area (Å²) in [6.07, 6.45) is 0.655. The lowest BCUT2D eigenvalue weighted by Gasteiger charge is -2.30. The van der Waals surface area contributed by atoms with Crippen LogP contribution in [-0.4, -0.2) is 38.7 Å². The molecule has 7 nitrogen and oxygen atoms in total. The molecule has 0 fully saturated rings. The number of ether oxygens (including phenoxy) is 3. The van der Waals surface area contributed by atoms with Crippen molar-refractivity contribution in [1.82, 2.24) is 0 Å². The molecule has 1 heterocycles. The van der Waals surface area contributed by atoms with Crippen molar-refractivity contribution in [3.8, 4) is 17.2 Å². The van der Waals surface area contributed by atoms with Crippen molar-refractivity contribution in [2.24, 2.45) is 0 Å². The van der Waals surface area contributed by atoms with Crippen LogP contribution in [0, 0.1) is 0 Å². The van der Waals surface area contributed by atoms with Gasteiger partial charge in [-0.05, 0) is 61.0 Å². The van der Waals surface area contributed by atoms with E-state index in [1.54, 1.807) is 54.5 Å². The molecule has 4 rings (SSSR count). The molecule has 1 aliphatic rings. The predicted octanol–water partition coefficient (Wildman–Crippen LogP) is 4.14. The minimum Gasteiger partial charge on any atom is -0.497 e. The van der Waals surface area contributed by atoms with Gasteiger partial charge in [0.25, 0.3) is 11.8 Å². The van der Waals surface area contributed by atoms with E-state index in [0.717, 1.165) is 5.75 Å². The monoisotopic (exact) mass is 432 g/mol. The molecular formula is C25H24N2O5. The van der Waals surface area contributed by atoms with Gasteiger partial charge in [-0.2, -0.15) is 0 Å². The summed E-state index contributed by atoms with van der Waals surface area (Å²) in [7, 11) is 1.57. The van der Waals surface area contributed by atoms with Crippen molar-refractivity contribution in [2.45, 2.75) is 6.42 Å². The van der Waals surface area contributed by atoms with E-state index in [0.29, 0.717) is 48.0 Å². The van der Waals surface area contributed by atoms with Crippen molar-refractivity contribution in [2.75, 3.05) is 37.1 Å². The van der Waals surface area contributed by atoms with Gasteiger partial charge in [0.2, 0.25) is 0 Å². The van der Waals surface area contributed by atoms with Gasteiger partial charge in [0.15, 0.2) is 6.61 Å². The number of carbonyl (C=O) groups excluding carboxylic acids is 2. The Morgan fingerprint density at radius 3 is 2.56 bits per heavy atom. The standard InChI is InChI=1S/C25H24N2O5/c1-30-20-11-8-18(9-12-20)25(29)26-19-10-13-23-22(16-19)27(24(28)17-32-23)14-5-15-31-21-6-3-2-4-7-21/h2-4,6-13,16H,5,14-15,17H2,1H3,(H,26,29). The molecule has 3 aromatic carbocycles. The molecule has 0 atom stereocenters. The number of carbonyl (C=O) groups is 2. The quantitative estimate of drug-likeness (QED) is 0.542. The second kappa shape index (κ2) is 9.87. The SMILES string of the molecule is COc1ccc(C(=O)Nc2ccc3c(c2)N(CCCOc2ccccc2)C(=O)CO3)cc1. The number of amides is 2. The van der Waals surface area contributed by atoms with Crippen molar-refractivity contribution in [1.29, 1.82) is 0 Å². The van der Waals surface area contributed by atoms with E-state index in [2.05, 4.69) is 5.32 Å². The summed E-state index contributed by atoms with van der Waals surface area (Å²) in [4.78, 5) is 26.8. The average molecular weight is 432 g/mol. The van der Waals surface area contributed by atoms with E-state index in [4.69, 9.17) is 14.2 Å². The van der Waals surface area contributed by atoms with Gasteiger partial charge >= 0.3 is 0 Å². The molecule has 0 aromatic heterocycles. The number of hydrogen-bond acceptors (Lipinski definition) is 5. The third-order valence-corrected chi connectivity index (χ3v) is 5.05. The molecular weight excluding hydrogens is 408 g/mol. The molecule has 0 bridgehead atoms. The fourth-order valence-corrected chi connectivity index (χ4v) is 3.40. The Morgan fingerprint density at radius 2 is 1.81 bits per heavy atom. The van der Waals surface area contributed by atoms with Crippen molar-refractivity contribution >= 4 is 23.2 Å². The summed E-state index contributed by atoms with van der Waals surface area (Å²) in [5.41, 5.74) is 1.72. The first-order valence-corrected chi connectivity index (χ1v) is 10.3. The molecule has 0 aliphatic carbocycles. The van der Waals surface area contributed by atoms with E-state index in [9.17, 15) is 9.59 Å². The maximum atomic E-state index is 12.6. The number of rotatable bonds is 8. The normalized spacial score (nSPS) is 12.5. The average Bonchev–Trinajstić information content (AvgIpc) is 2.83. The Hall–Kier alpha value is -4.00. The van der Waals surface area contributed by atoms with Gasteiger partial charge in [0, 0.05) is 17.8 Å². The topological polar surface area (TPSA) is 77.1 Å². The molecule has 0 spiro atoms. The molecule has 3 aromatic rings. The molecule has 0 saturated carbocycles. The highest BCUT2D eigenvalue weighted by Crippen LogP contribution is 2.35. The summed E-state index contributed by atoms with van der Waals surface area (Å²) in [5.74, 6) is 1.70. The van der Waals surface area contributed by atoms with Gasteiger partial charge in [-0.3, -0.25) is 9.59 Å². The van der Waals surface area contributed by atoms with Gasteiger partial charge in [0.1, 0.15) is 17.2 Å². The maximum absolute atomic E-state index is 12.6.